The Kier molecular flexibility index (Phi) is 3.95. The van der Waals surface area contributed by atoms with Crippen molar-refractivity contribution in [1.29, 1.82) is 0 Å². The Morgan fingerprint density at radius 3 is 2.62 bits per heavy atom. The van der Waals surface area contributed by atoms with Gasteiger partial charge in [0, 0.05) is 34.2 Å². The lowest BCUT2D eigenvalue weighted by Crippen LogP contribution is -2.01. The van der Waals surface area contributed by atoms with E-state index < -0.39 is 0 Å². The van der Waals surface area contributed by atoms with Gasteiger partial charge in [-0.2, -0.15) is 0 Å². The molecule has 0 saturated heterocycles. The number of pyridine rings is 1. The van der Waals surface area contributed by atoms with E-state index in [1.165, 1.54) is 0 Å². The zero-order chi connectivity index (χ0) is 14.8. The van der Waals surface area contributed by atoms with Crippen LogP contribution < -0.4 is 0 Å². The van der Waals surface area contributed by atoms with Gasteiger partial charge in [0.15, 0.2) is 0 Å². The van der Waals surface area contributed by atoms with Gasteiger partial charge >= 0.3 is 0 Å². The van der Waals surface area contributed by atoms with Gasteiger partial charge in [0.05, 0.1) is 12.2 Å². The van der Waals surface area contributed by atoms with E-state index in [1.54, 1.807) is 18.5 Å². The summed E-state index contributed by atoms with van der Waals surface area (Å²) in [5.41, 5.74) is 2.95. The summed E-state index contributed by atoms with van der Waals surface area (Å²) >= 11 is 12.3. The molecule has 0 bridgehead atoms. The minimum atomic E-state index is 0.623. The zero-order valence-corrected chi connectivity index (χ0v) is 12.9. The maximum absolute atomic E-state index is 6.25. The highest BCUT2D eigenvalue weighted by molar-refractivity contribution is 6.33. The molecule has 0 aliphatic rings. The molecular weight excluding hydrogens is 305 g/mol. The Morgan fingerprint density at radius 1 is 1.10 bits per heavy atom. The average molecular weight is 318 g/mol. The molecule has 0 spiro atoms. The molecule has 0 radical (unpaired) electrons. The number of hydrogen-bond acceptors (Lipinski definition) is 2. The molecule has 0 atom stereocenters. The second kappa shape index (κ2) is 5.88. The third kappa shape index (κ3) is 3.09. The third-order valence-corrected chi connectivity index (χ3v) is 3.79. The van der Waals surface area contributed by atoms with Crippen molar-refractivity contribution in [2.75, 3.05) is 0 Å². The van der Waals surface area contributed by atoms with E-state index in [1.807, 2.05) is 37.4 Å². The van der Waals surface area contributed by atoms with Crippen LogP contribution in [0.25, 0.3) is 11.4 Å². The van der Waals surface area contributed by atoms with Gasteiger partial charge in [0.1, 0.15) is 5.82 Å². The first-order chi connectivity index (χ1) is 10.1. The lowest BCUT2D eigenvalue weighted by molar-refractivity contribution is 0.806. The monoisotopic (exact) mass is 317 g/mol. The molecule has 21 heavy (non-hydrogen) atoms. The second-order valence-corrected chi connectivity index (χ2v) is 5.65. The smallest absolute Gasteiger partial charge is 0.140 e. The molecule has 5 heteroatoms. The first-order valence-corrected chi connectivity index (χ1v) is 7.27. The van der Waals surface area contributed by atoms with Crippen LogP contribution in [-0.4, -0.2) is 14.5 Å². The number of imidazole rings is 1. The summed E-state index contributed by atoms with van der Waals surface area (Å²) in [5.74, 6) is 0.894. The maximum Gasteiger partial charge on any atom is 0.140 e. The van der Waals surface area contributed by atoms with E-state index in [0.29, 0.717) is 16.6 Å². The fourth-order valence-electron chi connectivity index (χ4n) is 2.25. The Morgan fingerprint density at radius 2 is 1.86 bits per heavy atom. The topological polar surface area (TPSA) is 30.7 Å². The van der Waals surface area contributed by atoms with Crippen LogP contribution in [0.2, 0.25) is 10.0 Å². The first-order valence-electron chi connectivity index (χ1n) is 6.51. The lowest BCUT2D eigenvalue weighted by atomic mass is 10.2. The highest BCUT2D eigenvalue weighted by Crippen LogP contribution is 2.24. The van der Waals surface area contributed by atoms with Crippen molar-refractivity contribution >= 4 is 23.2 Å². The van der Waals surface area contributed by atoms with Crippen LogP contribution in [0.5, 0.6) is 0 Å². The average Bonchev–Trinajstić information content (AvgIpc) is 2.85. The number of benzene rings is 1. The number of nitrogens with zero attached hydrogens (tertiary/aromatic N) is 3. The summed E-state index contributed by atoms with van der Waals surface area (Å²) < 4.78 is 2.07. The number of hydrogen-bond donors (Lipinski definition) is 0. The molecule has 0 N–H and O–H groups in total. The van der Waals surface area contributed by atoms with Gasteiger partial charge in [-0.15, -0.1) is 0 Å². The summed E-state index contributed by atoms with van der Waals surface area (Å²) in [5, 5.41) is 1.38. The maximum atomic E-state index is 6.25. The number of aromatic nitrogens is 3. The molecule has 0 unspecified atom stereocenters. The van der Waals surface area contributed by atoms with Crippen molar-refractivity contribution in [2.45, 2.75) is 13.5 Å². The fourth-order valence-corrected chi connectivity index (χ4v) is 2.62. The second-order valence-electron chi connectivity index (χ2n) is 4.81. The van der Waals surface area contributed by atoms with Gasteiger partial charge in [-0.3, -0.25) is 4.98 Å². The molecule has 0 aliphatic carbocycles. The molecule has 106 valence electrons. The molecule has 3 nitrogen and oxygen atoms in total. The Balaban J connectivity index is 2.02. The largest absolute Gasteiger partial charge is 0.326 e. The molecule has 0 fully saturated rings. The minimum absolute atomic E-state index is 0.623. The number of halogens is 2. The van der Waals surface area contributed by atoms with Gasteiger partial charge in [0.25, 0.3) is 0 Å². The number of rotatable bonds is 3. The zero-order valence-electron chi connectivity index (χ0n) is 11.4. The van der Waals surface area contributed by atoms with Crippen LogP contribution in [0.15, 0.2) is 48.9 Å². The van der Waals surface area contributed by atoms with Crippen LogP contribution >= 0.6 is 23.2 Å². The van der Waals surface area contributed by atoms with Crippen molar-refractivity contribution in [3.63, 3.8) is 0 Å². The molecule has 2 heterocycles. The van der Waals surface area contributed by atoms with E-state index in [-0.39, 0.29) is 0 Å². The van der Waals surface area contributed by atoms with Gasteiger partial charge in [0.2, 0.25) is 0 Å². The highest BCUT2D eigenvalue weighted by Gasteiger charge is 2.10. The molecule has 3 rings (SSSR count). The summed E-state index contributed by atoms with van der Waals surface area (Å²) in [4.78, 5) is 8.63. The van der Waals surface area contributed by atoms with Crippen molar-refractivity contribution < 1.29 is 0 Å². The molecule has 0 amide bonds. The SMILES string of the molecule is Cc1cn(Cc2cc(Cl)ccc2Cl)c(-c2ccncc2)n1. The van der Waals surface area contributed by atoms with Crippen LogP contribution in [0.3, 0.4) is 0 Å². The minimum Gasteiger partial charge on any atom is -0.326 e. The quantitative estimate of drug-likeness (QED) is 0.706. The van der Waals surface area contributed by atoms with E-state index in [4.69, 9.17) is 23.2 Å². The molecule has 0 aliphatic heterocycles. The summed E-state index contributed by atoms with van der Waals surface area (Å²) in [6.07, 6.45) is 5.53. The first kappa shape index (κ1) is 14.1. The Hall–Kier alpha value is -1.84. The van der Waals surface area contributed by atoms with Crippen LogP contribution in [0, 0.1) is 6.92 Å². The molecular formula is C16H13Cl2N3. The van der Waals surface area contributed by atoms with Crippen molar-refractivity contribution in [3.8, 4) is 11.4 Å². The third-order valence-electron chi connectivity index (χ3n) is 3.18. The van der Waals surface area contributed by atoms with E-state index in [9.17, 15) is 0 Å². The normalized spacial score (nSPS) is 10.8. The predicted molar refractivity (Wildman–Crippen MR) is 85.8 cm³/mol. The fraction of sp³-hybridized carbons (Fsp3) is 0.125. The van der Waals surface area contributed by atoms with Gasteiger partial charge in [-0.25, -0.2) is 4.98 Å². The van der Waals surface area contributed by atoms with Gasteiger partial charge in [-0.1, -0.05) is 23.2 Å². The van der Waals surface area contributed by atoms with Crippen LogP contribution in [0.4, 0.5) is 0 Å². The van der Waals surface area contributed by atoms with Crippen molar-refractivity contribution in [2.24, 2.45) is 0 Å². The Bertz CT molecular complexity index is 766. The van der Waals surface area contributed by atoms with Crippen molar-refractivity contribution in [1.82, 2.24) is 14.5 Å². The van der Waals surface area contributed by atoms with Gasteiger partial charge < -0.3 is 4.57 Å². The lowest BCUT2D eigenvalue weighted by Gasteiger charge is -2.09. The van der Waals surface area contributed by atoms with E-state index in [2.05, 4.69) is 14.5 Å². The van der Waals surface area contributed by atoms with Crippen molar-refractivity contribution in [3.05, 3.63) is 70.2 Å². The highest BCUT2D eigenvalue weighted by atomic mass is 35.5. The molecule has 2 aromatic heterocycles. The standard InChI is InChI=1S/C16H13Cl2N3/c1-11-9-21(10-13-8-14(17)2-3-15(13)18)16(20-11)12-4-6-19-7-5-12/h2-9H,10H2,1H3. The van der Waals surface area contributed by atoms with E-state index >= 15 is 0 Å². The van der Waals surface area contributed by atoms with Crippen LogP contribution in [0.1, 0.15) is 11.3 Å². The predicted octanol–water partition coefficient (Wildman–Crippen LogP) is 4.61. The number of aryl methyl sites for hydroxylation is 1. The summed E-state index contributed by atoms with van der Waals surface area (Å²) in [6.45, 7) is 2.60. The van der Waals surface area contributed by atoms with Crippen LogP contribution in [-0.2, 0) is 6.54 Å². The Labute approximate surface area is 133 Å². The van der Waals surface area contributed by atoms with E-state index in [0.717, 1.165) is 22.6 Å². The molecule has 3 aromatic rings. The van der Waals surface area contributed by atoms with Gasteiger partial charge in [-0.05, 0) is 42.8 Å². The summed E-state index contributed by atoms with van der Waals surface area (Å²) in [7, 11) is 0. The molecule has 1 aromatic carbocycles. The summed E-state index contributed by atoms with van der Waals surface area (Å²) in [6, 6.07) is 9.37. The molecule has 0 saturated carbocycles.